The van der Waals surface area contributed by atoms with Crippen LogP contribution in [0.4, 0.5) is 0 Å². The SMILES string of the molecule is C=P(O)(S)CP(=C)(O)S. The van der Waals surface area contributed by atoms with Gasteiger partial charge in [0.1, 0.15) is 0 Å². The molecule has 56 valence electrons. The van der Waals surface area contributed by atoms with Crippen LogP contribution < -0.4 is 0 Å². The molecule has 0 radical (unpaired) electrons. The Kier molecular flexibility index (Phi) is 3.50. The fourth-order valence-electron chi connectivity index (χ4n) is 0.363. The minimum absolute atomic E-state index is 0.131. The molecule has 0 aliphatic heterocycles. The first-order valence-corrected chi connectivity index (χ1v) is 8.59. The molecule has 0 amide bonds. The van der Waals surface area contributed by atoms with Crippen molar-refractivity contribution in [3.8, 4) is 0 Å². The van der Waals surface area contributed by atoms with Gasteiger partial charge in [0.15, 0.2) is 0 Å². The zero-order valence-electron chi connectivity index (χ0n) is 4.80. The van der Waals surface area contributed by atoms with Gasteiger partial charge in [-0.05, 0) is 0 Å². The highest BCUT2D eigenvalue weighted by Crippen LogP contribution is 2.61. The van der Waals surface area contributed by atoms with Gasteiger partial charge in [0.05, 0.1) is 12.6 Å². The molecule has 0 rings (SSSR count). The Morgan fingerprint density at radius 3 is 1.33 bits per heavy atom. The van der Waals surface area contributed by atoms with E-state index in [1.807, 2.05) is 0 Å². The van der Waals surface area contributed by atoms with Crippen LogP contribution in [0.25, 0.3) is 0 Å². The van der Waals surface area contributed by atoms with Crippen LogP contribution in [-0.2, 0) is 0 Å². The highest BCUT2D eigenvalue weighted by atomic mass is 32.7. The Balaban J connectivity index is 4.07. The molecule has 0 spiro atoms. The van der Waals surface area contributed by atoms with E-state index in [-0.39, 0.29) is 5.90 Å². The first-order valence-electron chi connectivity index (χ1n) is 2.06. The molecule has 2 unspecified atom stereocenters. The summed E-state index contributed by atoms with van der Waals surface area (Å²) in [6, 6.07) is 0. The van der Waals surface area contributed by atoms with Gasteiger partial charge in [-0.25, -0.2) is 0 Å². The fraction of sp³-hybridized carbons (Fsp3) is 0.333. The second kappa shape index (κ2) is 3.08. The molecular weight excluding hydrogens is 194 g/mol. The van der Waals surface area contributed by atoms with Crippen molar-refractivity contribution in [2.45, 2.75) is 0 Å². The minimum atomic E-state index is -2.43. The molecule has 2 N–H and O–H groups in total. The van der Waals surface area contributed by atoms with Gasteiger partial charge in [0.2, 0.25) is 0 Å². The summed E-state index contributed by atoms with van der Waals surface area (Å²) >= 11 is 7.57. The first kappa shape index (κ1) is 10.2. The molecule has 0 fully saturated rings. The van der Waals surface area contributed by atoms with Crippen molar-refractivity contribution in [2.75, 3.05) is 5.90 Å². The Morgan fingerprint density at radius 2 is 1.33 bits per heavy atom. The summed E-state index contributed by atoms with van der Waals surface area (Å²) in [6.45, 7) is 0. The number of hydrogen-bond acceptors (Lipinski definition) is 4. The van der Waals surface area contributed by atoms with Crippen LogP contribution in [-0.4, -0.2) is 28.3 Å². The molecule has 2 nitrogen and oxygen atoms in total. The van der Waals surface area contributed by atoms with Gasteiger partial charge in [0, 0.05) is 5.90 Å². The second-order valence-electron chi connectivity index (χ2n) is 1.90. The molecule has 0 saturated heterocycles. The normalized spacial score (nSPS) is 24.4. The number of thiol groups is 2. The van der Waals surface area contributed by atoms with Crippen LogP contribution in [0.1, 0.15) is 0 Å². The Labute approximate surface area is 65.7 Å². The van der Waals surface area contributed by atoms with Crippen LogP contribution >= 0.6 is 37.1 Å². The summed E-state index contributed by atoms with van der Waals surface area (Å²) < 4.78 is 0. The van der Waals surface area contributed by atoms with Gasteiger partial charge in [-0.2, -0.15) is 0 Å². The quantitative estimate of drug-likeness (QED) is 0.405. The molecule has 2 atom stereocenters. The molecule has 0 aromatic rings. The molecule has 0 saturated carbocycles. The number of hydrogen-bond donors (Lipinski definition) is 4. The van der Waals surface area contributed by atoms with Crippen LogP contribution in [0.2, 0.25) is 0 Å². The van der Waals surface area contributed by atoms with E-state index in [2.05, 4.69) is 37.1 Å². The van der Waals surface area contributed by atoms with Gasteiger partial charge in [-0.3, -0.25) is 0 Å². The van der Waals surface area contributed by atoms with E-state index in [1.165, 1.54) is 0 Å². The lowest BCUT2D eigenvalue weighted by Gasteiger charge is -2.15. The Hall–Kier alpha value is 1.22. The maximum Gasteiger partial charge on any atom is 0.0528 e. The van der Waals surface area contributed by atoms with E-state index in [4.69, 9.17) is 9.79 Å². The maximum atomic E-state index is 9.00. The molecule has 6 heteroatoms. The monoisotopic (exact) mass is 204 g/mol. The summed E-state index contributed by atoms with van der Waals surface area (Å²) in [6.07, 6.45) is 1.87. The summed E-state index contributed by atoms with van der Waals surface area (Å²) in [4.78, 5) is 18.0. The molecule has 0 aliphatic carbocycles. The molecule has 0 heterocycles. The zero-order chi connectivity index (χ0) is 7.71. The van der Waals surface area contributed by atoms with Crippen LogP contribution in [0.15, 0.2) is 0 Å². The van der Waals surface area contributed by atoms with Crippen molar-refractivity contribution in [1.29, 1.82) is 0 Å². The van der Waals surface area contributed by atoms with Crippen LogP contribution in [0, 0.1) is 0 Å². The molecule has 0 aromatic heterocycles. The fourth-order valence-corrected chi connectivity index (χ4v) is 7.93. The molecule has 9 heavy (non-hydrogen) atoms. The molecule has 0 aliphatic rings. The third-order valence-corrected chi connectivity index (χ3v) is 6.35. The molecule has 0 bridgehead atoms. The predicted molar refractivity (Wildman–Crippen MR) is 55.4 cm³/mol. The van der Waals surface area contributed by atoms with Crippen molar-refractivity contribution in [1.82, 2.24) is 0 Å². The molecule has 0 aromatic carbocycles. The lowest BCUT2D eigenvalue weighted by atomic mass is 11.9. The van der Waals surface area contributed by atoms with Crippen molar-refractivity contribution < 1.29 is 9.79 Å². The largest absolute Gasteiger partial charge is 0.366 e. The average molecular weight is 204 g/mol. The Bertz CT molecular complexity index is 158. The average Bonchev–Trinajstić information content (AvgIpc) is 1.14. The summed E-state index contributed by atoms with van der Waals surface area (Å²) in [7, 11) is 0. The third kappa shape index (κ3) is 9.22. The van der Waals surface area contributed by atoms with Gasteiger partial charge in [-0.1, -0.05) is 12.6 Å². The van der Waals surface area contributed by atoms with Crippen molar-refractivity contribution in [3.05, 3.63) is 0 Å². The number of rotatable bonds is 2. The summed E-state index contributed by atoms with van der Waals surface area (Å²) in [5.41, 5.74) is 0. The van der Waals surface area contributed by atoms with E-state index in [0.717, 1.165) is 0 Å². The van der Waals surface area contributed by atoms with E-state index in [0.29, 0.717) is 0 Å². The topological polar surface area (TPSA) is 40.5 Å². The standard InChI is InChI=1S/C3H10O2P2S2/c1-6(4,8)3-7(2,5)9/h4-5,8-9H,1-3H2. The maximum absolute atomic E-state index is 9.00. The van der Waals surface area contributed by atoms with E-state index < -0.39 is 12.6 Å². The smallest absolute Gasteiger partial charge is 0.0528 e. The highest BCUT2D eigenvalue weighted by molar-refractivity contribution is 8.57. The van der Waals surface area contributed by atoms with Gasteiger partial charge < -0.3 is 9.79 Å². The predicted octanol–water partition coefficient (Wildman–Crippen LogP) is 1.35. The Morgan fingerprint density at radius 1 is 1.11 bits per heavy atom. The van der Waals surface area contributed by atoms with Crippen molar-refractivity contribution in [3.63, 3.8) is 0 Å². The van der Waals surface area contributed by atoms with Gasteiger partial charge in [-0.15, -0.1) is 24.5 Å². The van der Waals surface area contributed by atoms with E-state index >= 15 is 0 Å². The van der Waals surface area contributed by atoms with Gasteiger partial charge >= 0.3 is 0 Å². The van der Waals surface area contributed by atoms with E-state index in [9.17, 15) is 0 Å². The zero-order valence-corrected chi connectivity index (χ0v) is 8.38. The third-order valence-electron chi connectivity index (χ3n) is 0.453. The first-order chi connectivity index (χ1) is 3.71. The lowest BCUT2D eigenvalue weighted by Crippen LogP contribution is -1.79. The highest BCUT2D eigenvalue weighted by Gasteiger charge is 2.11. The summed E-state index contributed by atoms with van der Waals surface area (Å²) in [5, 5.41) is 0. The molecular formula is C3H10O2P2S2. The lowest BCUT2D eigenvalue weighted by molar-refractivity contribution is 0.629. The van der Waals surface area contributed by atoms with Crippen molar-refractivity contribution >= 4 is 49.7 Å². The summed E-state index contributed by atoms with van der Waals surface area (Å²) in [5.74, 6) is 0.131. The van der Waals surface area contributed by atoms with Gasteiger partial charge in [0.25, 0.3) is 0 Å². The van der Waals surface area contributed by atoms with Crippen LogP contribution in [0.5, 0.6) is 0 Å². The van der Waals surface area contributed by atoms with Crippen LogP contribution in [0.3, 0.4) is 0 Å². The van der Waals surface area contributed by atoms with E-state index in [1.54, 1.807) is 0 Å². The second-order valence-corrected chi connectivity index (χ2v) is 11.0. The minimum Gasteiger partial charge on any atom is -0.366 e. The van der Waals surface area contributed by atoms with Crippen molar-refractivity contribution in [2.24, 2.45) is 0 Å².